The second-order valence-electron chi connectivity index (χ2n) is 2.07. The van der Waals surface area contributed by atoms with E-state index in [1.165, 1.54) is 11.6 Å². The molecule has 0 radical (unpaired) electrons. The zero-order valence-electron chi connectivity index (χ0n) is 5.50. The van der Waals surface area contributed by atoms with E-state index in [1.54, 1.807) is 12.4 Å². The van der Waals surface area contributed by atoms with E-state index in [9.17, 15) is 4.39 Å². The van der Waals surface area contributed by atoms with E-state index >= 15 is 0 Å². The van der Waals surface area contributed by atoms with Gasteiger partial charge in [-0.3, -0.25) is 0 Å². The molecule has 0 N–H and O–H groups in total. The van der Waals surface area contributed by atoms with Gasteiger partial charge in [0.25, 0.3) is 0 Å². The van der Waals surface area contributed by atoms with Gasteiger partial charge in [-0.2, -0.15) is 5.10 Å². The minimum absolute atomic E-state index is 0.986. The Morgan fingerprint density at radius 1 is 1.78 bits per heavy atom. The molecule has 0 saturated carbocycles. The molecule has 1 atom stereocenters. The van der Waals surface area contributed by atoms with Gasteiger partial charge >= 0.3 is 0 Å². The molecule has 0 fully saturated rings. The smallest absolute Gasteiger partial charge is 0.188 e. The number of alkyl halides is 1. The quantitative estimate of drug-likeness (QED) is 0.562. The normalized spacial score (nSPS) is 13.7. The van der Waals surface area contributed by atoms with Crippen LogP contribution in [-0.2, 0) is 0 Å². The molecule has 3 heteroatoms. The van der Waals surface area contributed by atoms with E-state index in [1.807, 2.05) is 6.92 Å². The molecule has 0 aromatic carbocycles. The molecule has 0 aliphatic carbocycles. The van der Waals surface area contributed by atoms with Crippen LogP contribution in [0.4, 0.5) is 4.39 Å². The van der Waals surface area contributed by atoms with Gasteiger partial charge < -0.3 is 0 Å². The third kappa shape index (κ3) is 1.28. The molecule has 1 aromatic heterocycles. The number of aromatic nitrogens is 2. The van der Waals surface area contributed by atoms with E-state index in [2.05, 4.69) is 5.10 Å². The monoisotopic (exact) mass is 128 g/mol. The third-order valence-electron chi connectivity index (χ3n) is 1.10. The Labute approximate surface area is 53.3 Å². The Hall–Kier alpha value is -0.860. The highest BCUT2D eigenvalue weighted by Crippen LogP contribution is 2.05. The zero-order valence-corrected chi connectivity index (χ0v) is 5.50. The summed E-state index contributed by atoms with van der Waals surface area (Å²) >= 11 is 0. The topological polar surface area (TPSA) is 17.8 Å². The molecule has 1 unspecified atom stereocenters. The summed E-state index contributed by atoms with van der Waals surface area (Å²) in [5.41, 5.74) is 0.986. The first-order chi connectivity index (χ1) is 4.20. The van der Waals surface area contributed by atoms with E-state index in [0.717, 1.165) is 5.56 Å². The van der Waals surface area contributed by atoms with Gasteiger partial charge in [-0.25, -0.2) is 9.07 Å². The van der Waals surface area contributed by atoms with Gasteiger partial charge in [-0.15, -0.1) is 0 Å². The van der Waals surface area contributed by atoms with Crippen LogP contribution in [0, 0.1) is 6.92 Å². The lowest BCUT2D eigenvalue weighted by molar-refractivity contribution is 0.245. The van der Waals surface area contributed by atoms with Crippen LogP contribution < -0.4 is 0 Å². The van der Waals surface area contributed by atoms with Gasteiger partial charge in [0.15, 0.2) is 6.30 Å². The SMILES string of the molecule is Cc1cnn(C(C)F)c1. The average Bonchev–Trinajstić information content (AvgIpc) is 2.14. The average molecular weight is 128 g/mol. The van der Waals surface area contributed by atoms with E-state index in [4.69, 9.17) is 0 Å². The number of rotatable bonds is 1. The van der Waals surface area contributed by atoms with Crippen molar-refractivity contribution in [1.82, 2.24) is 9.78 Å². The Morgan fingerprint density at radius 2 is 2.44 bits per heavy atom. The fourth-order valence-corrected chi connectivity index (χ4v) is 0.628. The Bertz CT molecular complexity index is 193. The second kappa shape index (κ2) is 2.17. The summed E-state index contributed by atoms with van der Waals surface area (Å²) < 4.78 is 13.6. The Morgan fingerprint density at radius 3 is 2.67 bits per heavy atom. The summed E-state index contributed by atoms with van der Waals surface area (Å²) in [4.78, 5) is 0. The van der Waals surface area contributed by atoms with Crippen molar-refractivity contribution in [2.75, 3.05) is 0 Å². The van der Waals surface area contributed by atoms with E-state index in [-0.39, 0.29) is 0 Å². The lowest BCUT2D eigenvalue weighted by Crippen LogP contribution is -1.98. The van der Waals surface area contributed by atoms with Crippen LogP contribution in [0.1, 0.15) is 18.8 Å². The molecule has 1 heterocycles. The van der Waals surface area contributed by atoms with Gasteiger partial charge in [-0.05, 0) is 19.4 Å². The van der Waals surface area contributed by atoms with Gasteiger partial charge in [0.1, 0.15) is 0 Å². The molecule has 1 aromatic rings. The third-order valence-corrected chi connectivity index (χ3v) is 1.10. The van der Waals surface area contributed by atoms with Crippen LogP contribution in [0.3, 0.4) is 0 Å². The first-order valence-electron chi connectivity index (χ1n) is 2.85. The number of nitrogens with zero attached hydrogens (tertiary/aromatic N) is 2. The van der Waals surface area contributed by atoms with Crippen LogP contribution >= 0.6 is 0 Å². The van der Waals surface area contributed by atoms with Crippen molar-refractivity contribution in [2.45, 2.75) is 20.1 Å². The summed E-state index contributed by atoms with van der Waals surface area (Å²) in [6, 6.07) is 0. The van der Waals surface area contributed by atoms with Crippen molar-refractivity contribution < 1.29 is 4.39 Å². The molecule has 1 rings (SSSR count). The van der Waals surface area contributed by atoms with Crippen LogP contribution in [0.2, 0.25) is 0 Å². The predicted octanol–water partition coefficient (Wildman–Crippen LogP) is 1.68. The molecule has 9 heavy (non-hydrogen) atoms. The van der Waals surface area contributed by atoms with Gasteiger partial charge in [0.05, 0.1) is 6.20 Å². The Kier molecular flexibility index (Phi) is 1.51. The maximum absolute atomic E-state index is 12.3. The molecule has 0 saturated heterocycles. The largest absolute Gasteiger partial charge is 0.239 e. The van der Waals surface area contributed by atoms with Gasteiger partial charge in [0.2, 0.25) is 0 Å². The summed E-state index contributed by atoms with van der Waals surface area (Å²) in [6.45, 7) is 3.33. The molecule has 0 bridgehead atoms. The van der Waals surface area contributed by atoms with Crippen LogP contribution in [-0.4, -0.2) is 9.78 Å². The molecule has 2 nitrogen and oxygen atoms in total. The predicted molar refractivity (Wildman–Crippen MR) is 32.8 cm³/mol. The van der Waals surface area contributed by atoms with Gasteiger partial charge in [-0.1, -0.05) is 0 Å². The number of halogens is 1. The summed E-state index contributed by atoms with van der Waals surface area (Å²) in [5.74, 6) is 0. The first-order valence-corrected chi connectivity index (χ1v) is 2.85. The molecule has 0 aliphatic rings. The lowest BCUT2D eigenvalue weighted by Gasteiger charge is -1.98. The standard InChI is InChI=1S/C6H9FN2/c1-5-3-8-9(4-5)6(2)7/h3-4,6H,1-2H3. The summed E-state index contributed by atoms with van der Waals surface area (Å²) in [5, 5.41) is 3.76. The van der Waals surface area contributed by atoms with Crippen molar-refractivity contribution >= 4 is 0 Å². The zero-order chi connectivity index (χ0) is 6.85. The number of aryl methyl sites for hydroxylation is 1. The fourth-order valence-electron chi connectivity index (χ4n) is 0.628. The van der Waals surface area contributed by atoms with Crippen molar-refractivity contribution in [3.8, 4) is 0 Å². The summed E-state index contributed by atoms with van der Waals surface area (Å²) in [7, 11) is 0. The molecule has 0 aliphatic heterocycles. The first kappa shape index (κ1) is 6.26. The second-order valence-corrected chi connectivity index (χ2v) is 2.07. The minimum Gasteiger partial charge on any atom is -0.239 e. The highest BCUT2D eigenvalue weighted by molar-refractivity contribution is 4.99. The Balaban J connectivity index is 2.85. The highest BCUT2D eigenvalue weighted by Gasteiger charge is 1.99. The van der Waals surface area contributed by atoms with Crippen molar-refractivity contribution in [3.05, 3.63) is 18.0 Å². The highest BCUT2D eigenvalue weighted by atomic mass is 19.1. The lowest BCUT2D eigenvalue weighted by atomic mass is 10.4. The maximum Gasteiger partial charge on any atom is 0.188 e. The van der Waals surface area contributed by atoms with Crippen LogP contribution in [0.15, 0.2) is 12.4 Å². The summed E-state index contributed by atoms with van der Waals surface area (Å²) in [6.07, 6.45) is 2.29. The maximum atomic E-state index is 12.3. The van der Waals surface area contributed by atoms with Crippen LogP contribution in [0.5, 0.6) is 0 Å². The number of hydrogen-bond acceptors (Lipinski definition) is 1. The molecular formula is C6H9FN2. The fraction of sp³-hybridized carbons (Fsp3) is 0.500. The van der Waals surface area contributed by atoms with Crippen molar-refractivity contribution in [3.63, 3.8) is 0 Å². The van der Waals surface area contributed by atoms with E-state index < -0.39 is 6.30 Å². The number of hydrogen-bond donors (Lipinski definition) is 0. The van der Waals surface area contributed by atoms with Crippen molar-refractivity contribution in [2.24, 2.45) is 0 Å². The molecule has 50 valence electrons. The van der Waals surface area contributed by atoms with E-state index in [0.29, 0.717) is 0 Å². The van der Waals surface area contributed by atoms with Gasteiger partial charge in [0, 0.05) is 6.20 Å². The minimum atomic E-state index is -1.02. The van der Waals surface area contributed by atoms with Crippen LogP contribution in [0.25, 0.3) is 0 Å². The molecule has 0 spiro atoms. The van der Waals surface area contributed by atoms with Crippen molar-refractivity contribution in [1.29, 1.82) is 0 Å². The molecule has 0 amide bonds. The molecular weight excluding hydrogens is 119 g/mol.